The van der Waals surface area contributed by atoms with E-state index in [0.29, 0.717) is 37.8 Å². The van der Waals surface area contributed by atoms with E-state index in [9.17, 15) is 19.5 Å². The zero-order valence-corrected chi connectivity index (χ0v) is 30.0. The van der Waals surface area contributed by atoms with E-state index in [0.717, 1.165) is 16.7 Å². The Kier molecular flexibility index (Phi) is 10.5. The molecule has 0 fully saturated rings. The number of carboxylic acid groups (broad SMARTS) is 1. The number of aromatic nitrogens is 1. The highest BCUT2D eigenvalue weighted by atomic mass is 35.5. The van der Waals surface area contributed by atoms with Crippen LogP contribution in [0.3, 0.4) is 0 Å². The van der Waals surface area contributed by atoms with Gasteiger partial charge in [0.25, 0.3) is 5.56 Å². The van der Waals surface area contributed by atoms with Crippen LogP contribution in [0, 0.1) is 0 Å². The summed E-state index contributed by atoms with van der Waals surface area (Å²) < 4.78 is 19.1. The Morgan fingerprint density at radius 3 is 2.43 bits per heavy atom. The molecule has 4 aromatic carbocycles. The van der Waals surface area contributed by atoms with Crippen LogP contribution in [-0.2, 0) is 16.1 Å². The number of carbonyl (C=O) groups is 2. The van der Waals surface area contributed by atoms with E-state index in [-0.39, 0.29) is 40.7 Å². The first-order valence-corrected chi connectivity index (χ1v) is 17.5. The number of ether oxygens (including phenoxy) is 3. The van der Waals surface area contributed by atoms with Crippen LogP contribution in [0.5, 0.6) is 11.5 Å². The maximum atomic E-state index is 14.4. The van der Waals surface area contributed by atoms with Gasteiger partial charge >= 0.3 is 11.9 Å². The monoisotopic (exact) mass is 722 g/mol. The first kappa shape index (κ1) is 35.4. The largest absolute Gasteiger partial charge is 0.493 e. The SMILES string of the molecule is CCOC(=O)C1=C(c2ccccc2)N=c2s/c(=C/c3cc(Cl)c(OCc4cccc(C(=O)O)c4)c(OC)c3)c(=O)n2[C@H]1c1ccc(C(C)C)cc1. The van der Waals surface area contributed by atoms with Crippen molar-refractivity contribution in [1.82, 2.24) is 4.57 Å². The van der Waals surface area contributed by atoms with Crippen LogP contribution in [0.4, 0.5) is 0 Å². The van der Waals surface area contributed by atoms with Crippen molar-refractivity contribution in [2.75, 3.05) is 13.7 Å². The molecule has 9 nitrogen and oxygen atoms in total. The first-order chi connectivity index (χ1) is 24.6. The third-order valence-corrected chi connectivity index (χ3v) is 9.66. The number of methoxy groups -OCH3 is 1. The molecule has 0 amide bonds. The normalized spacial score (nSPS) is 14.2. The number of thiazole rings is 1. The van der Waals surface area contributed by atoms with Crippen LogP contribution < -0.4 is 24.4 Å². The van der Waals surface area contributed by atoms with Gasteiger partial charge in [-0.2, -0.15) is 0 Å². The van der Waals surface area contributed by atoms with E-state index in [4.69, 9.17) is 30.8 Å². The van der Waals surface area contributed by atoms with Gasteiger partial charge in [0.15, 0.2) is 16.3 Å². The molecule has 5 aromatic rings. The standard InChI is InChI=1S/C40H35ClN2O7S/c1-5-49-39(47)33-34(27-11-7-6-8-12-27)42-40-43(35(33)28-16-14-26(15-17-28)23(2)3)37(44)32(51-40)21-25-19-30(41)36(31(20-25)48-4)50-22-24-10-9-13-29(18-24)38(45)46/h6-21,23,35H,5,22H2,1-4H3,(H,45,46)/b32-21+/t35-/m0/s1. The lowest BCUT2D eigenvalue weighted by Crippen LogP contribution is -2.40. The highest BCUT2D eigenvalue weighted by molar-refractivity contribution is 7.07. The second-order valence-corrected chi connectivity index (χ2v) is 13.5. The van der Waals surface area contributed by atoms with Crippen molar-refractivity contribution < 1.29 is 28.9 Å². The van der Waals surface area contributed by atoms with Gasteiger partial charge in [0, 0.05) is 5.56 Å². The molecule has 0 spiro atoms. The number of halogens is 1. The molecule has 1 aliphatic heterocycles. The molecule has 51 heavy (non-hydrogen) atoms. The molecule has 11 heteroatoms. The van der Waals surface area contributed by atoms with E-state index >= 15 is 0 Å². The van der Waals surface area contributed by atoms with Crippen LogP contribution in [0.15, 0.2) is 106 Å². The summed E-state index contributed by atoms with van der Waals surface area (Å²) in [6, 6.07) is 26.3. The van der Waals surface area contributed by atoms with Gasteiger partial charge in [-0.05, 0) is 65.4 Å². The fourth-order valence-electron chi connectivity index (χ4n) is 5.88. The maximum Gasteiger partial charge on any atom is 0.338 e. The highest BCUT2D eigenvalue weighted by Crippen LogP contribution is 2.38. The minimum atomic E-state index is -1.04. The van der Waals surface area contributed by atoms with Crippen molar-refractivity contribution >= 4 is 46.6 Å². The Balaban J connectivity index is 1.47. The molecule has 2 heterocycles. The van der Waals surface area contributed by atoms with Crippen molar-refractivity contribution in [2.45, 2.75) is 39.3 Å². The number of carboxylic acids is 1. The third kappa shape index (κ3) is 7.38. The molecular formula is C40H35ClN2O7S. The smallest absolute Gasteiger partial charge is 0.338 e. The number of nitrogens with zero attached hydrogens (tertiary/aromatic N) is 2. The molecule has 0 aliphatic carbocycles. The summed E-state index contributed by atoms with van der Waals surface area (Å²) in [6.45, 7) is 6.17. The topological polar surface area (TPSA) is 116 Å². The molecule has 1 N–H and O–H groups in total. The van der Waals surface area contributed by atoms with Gasteiger partial charge in [0.05, 0.1) is 46.1 Å². The number of aromatic carboxylic acids is 1. The molecular weight excluding hydrogens is 688 g/mol. The first-order valence-electron chi connectivity index (χ1n) is 16.3. The number of rotatable bonds is 11. The average Bonchev–Trinajstić information content (AvgIpc) is 3.44. The van der Waals surface area contributed by atoms with Crippen molar-refractivity contribution in [1.29, 1.82) is 0 Å². The number of esters is 1. The van der Waals surface area contributed by atoms with E-state index in [2.05, 4.69) is 13.8 Å². The summed E-state index contributed by atoms with van der Waals surface area (Å²) in [5.74, 6) is -0.686. The number of fused-ring (bicyclic) bond motifs is 1. The predicted octanol–water partition coefficient (Wildman–Crippen LogP) is 7.00. The van der Waals surface area contributed by atoms with E-state index in [1.165, 1.54) is 30.6 Å². The number of hydrogen-bond donors (Lipinski definition) is 1. The molecule has 0 bridgehead atoms. The van der Waals surface area contributed by atoms with Crippen LogP contribution >= 0.6 is 22.9 Å². The van der Waals surface area contributed by atoms with Gasteiger partial charge in [-0.3, -0.25) is 9.36 Å². The van der Waals surface area contributed by atoms with Crippen molar-refractivity contribution in [3.8, 4) is 11.5 Å². The molecule has 1 atom stereocenters. The summed E-state index contributed by atoms with van der Waals surface area (Å²) >= 11 is 7.90. The molecule has 0 unspecified atom stereocenters. The van der Waals surface area contributed by atoms with Crippen LogP contribution in [0.25, 0.3) is 11.8 Å². The Labute approximate surface area is 303 Å². The molecule has 260 valence electrons. The lowest BCUT2D eigenvalue weighted by molar-refractivity contribution is -0.138. The van der Waals surface area contributed by atoms with Gasteiger partial charge in [-0.15, -0.1) is 0 Å². The van der Waals surface area contributed by atoms with Gasteiger partial charge in [-0.1, -0.05) is 104 Å². The Hall–Kier alpha value is -5.45. The third-order valence-electron chi connectivity index (χ3n) is 8.40. The summed E-state index contributed by atoms with van der Waals surface area (Å²) in [5, 5.41) is 9.57. The van der Waals surface area contributed by atoms with E-state index in [1.807, 2.05) is 54.6 Å². The molecule has 6 rings (SSSR count). The van der Waals surface area contributed by atoms with Crippen LogP contribution in [0.2, 0.25) is 5.02 Å². The molecule has 1 aliphatic rings. The van der Waals surface area contributed by atoms with E-state index in [1.54, 1.807) is 41.8 Å². The number of hydrogen-bond acceptors (Lipinski definition) is 8. The van der Waals surface area contributed by atoms with Gasteiger partial charge in [0.1, 0.15) is 6.61 Å². The van der Waals surface area contributed by atoms with Crippen molar-refractivity contribution in [3.63, 3.8) is 0 Å². The number of benzene rings is 4. The summed E-state index contributed by atoms with van der Waals surface area (Å²) in [5.41, 5.74) is 4.35. The average molecular weight is 723 g/mol. The maximum absolute atomic E-state index is 14.4. The summed E-state index contributed by atoms with van der Waals surface area (Å²) in [7, 11) is 1.48. The molecule has 0 radical (unpaired) electrons. The van der Waals surface area contributed by atoms with Gasteiger partial charge in [0.2, 0.25) is 0 Å². The highest BCUT2D eigenvalue weighted by Gasteiger charge is 2.35. The molecule has 0 saturated heterocycles. The zero-order chi connectivity index (χ0) is 36.2. The fraction of sp³-hybridized carbons (Fsp3) is 0.200. The lowest BCUT2D eigenvalue weighted by atomic mass is 9.91. The summed E-state index contributed by atoms with van der Waals surface area (Å²) in [4.78, 5) is 44.9. The van der Waals surface area contributed by atoms with Crippen LogP contribution in [0.1, 0.15) is 70.9 Å². The van der Waals surface area contributed by atoms with E-state index < -0.39 is 18.0 Å². The van der Waals surface area contributed by atoms with Crippen molar-refractivity contribution in [2.24, 2.45) is 4.99 Å². The van der Waals surface area contributed by atoms with Crippen LogP contribution in [-0.4, -0.2) is 35.3 Å². The molecule has 1 aromatic heterocycles. The minimum Gasteiger partial charge on any atom is -0.493 e. The second kappa shape index (κ2) is 15.2. The van der Waals surface area contributed by atoms with Gasteiger partial charge < -0.3 is 19.3 Å². The zero-order valence-electron chi connectivity index (χ0n) is 28.4. The number of carbonyl (C=O) groups excluding carboxylic acids is 1. The Bertz CT molecular complexity index is 2330. The predicted molar refractivity (Wildman–Crippen MR) is 197 cm³/mol. The Morgan fingerprint density at radius 1 is 1.02 bits per heavy atom. The fourth-order valence-corrected chi connectivity index (χ4v) is 7.16. The summed E-state index contributed by atoms with van der Waals surface area (Å²) in [6.07, 6.45) is 1.70. The Morgan fingerprint density at radius 2 is 1.76 bits per heavy atom. The quantitative estimate of drug-likeness (QED) is 0.146. The lowest BCUT2D eigenvalue weighted by Gasteiger charge is -2.26. The minimum absolute atomic E-state index is 0.0554. The van der Waals surface area contributed by atoms with Crippen molar-refractivity contribution in [3.05, 3.63) is 155 Å². The van der Waals surface area contributed by atoms with Gasteiger partial charge in [-0.25, -0.2) is 14.6 Å². The molecule has 0 saturated carbocycles. The second-order valence-electron chi connectivity index (χ2n) is 12.1.